The molecule has 71 heavy (non-hydrogen) atoms. The monoisotopic (exact) mass is 1040 g/mol. The highest BCUT2D eigenvalue weighted by molar-refractivity contribution is 7.47. The molecule has 2 rings (SSSR count). The van der Waals surface area contributed by atoms with Crippen LogP contribution in [0.2, 0.25) is 0 Å². The van der Waals surface area contributed by atoms with Crippen molar-refractivity contribution < 1.29 is 87.9 Å². The number of carbonyl (C=O) groups excluding carboxylic acids is 2. The summed E-state index contributed by atoms with van der Waals surface area (Å²) in [4.78, 5) is 36.6. The molecule has 1 heterocycles. The molecule has 418 valence electrons. The van der Waals surface area contributed by atoms with Gasteiger partial charge in [-0.05, 0) is 38.5 Å². The van der Waals surface area contributed by atoms with Gasteiger partial charge in [-0.3, -0.25) is 18.6 Å². The predicted octanol–water partition coefficient (Wildman–Crippen LogP) is 7.28. The van der Waals surface area contributed by atoms with Crippen LogP contribution in [-0.4, -0.2) is 151 Å². The number of phosphoric ester groups is 1. The zero-order valence-electron chi connectivity index (χ0n) is 43.3. The first-order valence-corrected chi connectivity index (χ1v) is 29.0. The van der Waals surface area contributed by atoms with Gasteiger partial charge in [-0.2, -0.15) is 0 Å². The van der Waals surface area contributed by atoms with Gasteiger partial charge < -0.3 is 64.7 Å². The van der Waals surface area contributed by atoms with Crippen molar-refractivity contribution in [1.82, 2.24) is 0 Å². The lowest BCUT2D eigenvalue weighted by atomic mass is 9.84. The molecule has 0 aromatic carbocycles. The molecule has 18 nitrogen and oxygen atoms in total. The summed E-state index contributed by atoms with van der Waals surface area (Å²) < 4.78 is 45.5. The van der Waals surface area contributed by atoms with Gasteiger partial charge in [0.15, 0.2) is 12.4 Å². The van der Waals surface area contributed by atoms with Gasteiger partial charge in [0, 0.05) is 12.8 Å². The third-order valence-corrected chi connectivity index (χ3v) is 14.5. The summed E-state index contributed by atoms with van der Waals surface area (Å²) >= 11 is 0. The number of unbranched alkanes of at least 4 members (excludes halogenated alkanes) is 26. The van der Waals surface area contributed by atoms with Crippen LogP contribution in [0.15, 0.2) is 12.2 Å². The molecule has 0 radical (unpaired) electrons. The van der Waals surface area contributed by atoms with Crippen molar-refractivity contribution >= 4 is 19.8 Å². The molecule has 13 unspecified atom stereocenters. The Bertz CT molecular complexity index is 1420. The molecular weight excluding hydrogens is 944 g/mol. The highest BCUT2D eigenvalue weighted by Gasteiger charge is 2.55. The van der Waals surface area contributed by atoms with Crippen LogP contribution in [0.25, 0.3) is 0 Å². The number of rotatable bonds is 43. The van der Waals surface area contributed by atoms with E-state index in [0.29, 0.717) is 12.8 Å². The maximum atomic E-state index is 13.4. The summed E-state index contributed by atoms with van der Waals surface area (Å²) in [5.74, 6) is -1.22. The second-order valence-corrected chi connectivity index (χ2v) is 21.2. The first-order valence-electron chi connectivity index (χ1n) is 27.5. The molecule has 1 aliphatic carbocycles. The fraction of sp³-hybridized carbons (Fsp3) is 0.923. The molecule has 13 atom stereocenters. The molecule has 0 amide bonds. The highest BCUT2D eigenvalue weighted by atomic mass is 31.2. The Morgan fingerprint density at radius 3 is 1.41 bits per heavy atom. The minimum Gasteiger partial charge on any atom is -0.462 e. The van der Waals surface area contributed by atoms with Crippen LogP contribution in [0.4, 0.5) is 0 Å². The van der Waals surface area contributed by atoms with Crippen LogP contribution >= 0.6 is 7.82 Å². The molecule has 2 aliphatic rings. The summed E-state index contributed by atoms with van der Waals surface area (Å²) in [6.07, 6.45) is 14.3. The van der Waals surface area contributed by atoms with Gasteiger partial charge in [-0.15, -0.1) is 0 Å². The second kappa shape index (κ2) is 39.8. The Labute approximate surface area is 424 Å². The summed E-state index contributed by atoms with van der Waals surface area (Å²) in [7, 11) is -5.38. The number of allylic oxidation sites excluding steroid dienone is 2. The van der Waals surface area contributed by atoms with E-state index in [2.05, 4.69) is 26.0 Å². The Morgan fingerprint density at radius 1 is 0.521 bits per heavy atom. The molecule has 0 spiro atoms. The number of carbonyl (C=O) groups is 2. The average Bonchev–Trinajstić information content (AvgIpc) is 3.35. The average molecular weight is 1040 g/mol. The molecule has 1 saturated carbocycles. The van der Waals surface area contributed by atoms with E-state index in [0.717, 1.165) is 51.4 Å². The predicted molar refractivity (Wildman–Crippen MR) is 268 cm³/mol. The standard InChI is InChI=1S/C52H97O18P/c1-3-5-7-9-11-13-15-17-19-20-21-23-24-26-28-30-32-34-41(54)65-37-39(67-42(55)35-33-31-29-27-25-22-18-16-14-12-10-8-6-4-2)38-66-71(63,64)70-51-48(61)46(59)45(58)47(60)50(51)69-52-49(62)44(57)43(56)40(36-53)68-52/h22,25,39-40,43-53,56-62H,3-21,23-24,26-38H2,1-2H3,(H,63,64). The van der Waals surface area contributed by atoms with Crippen molar-refractivity contribution in [3.8, 4) is 0 Å². The Kier molecular flexibility index (Phi) is 36.7. The Balaban J connectivity index is 1.90. The summed E-state index contributed by atoms with van der Waals surface area (Å²) in [5.41, 5.74) is 0. The number of hydrogen-bond acceptors (Lipinski definition) is 17. The molecule has 1 saturated heterocycles. The normalized spacial score (nSPS) is 27.2. The summed E-state index contributed by atoms with van der Waals surface area (Å²) in [5, 5.41) is 83.1. The molecule has 1 aliphatic heterocycles. The summed E-state index contributed by atoms with van der Waals surface area (Å²) in [6.45, 7) is 2.24. The molecule has 9 N–H and O–H groups in total. The van der Waals surface area contributed by atoms with E-state index >= 15 is 0 Å². The van der Waals surface area contributed by atoms with Gasteiger partial charge in [0.1, 0.15) is 67.6 Å². The van der Waals surface area contributed by atoms with E-state index in [9.17, 15) is 59.9 Å². The van der Waals surface area contributed by atoms with Crippen molar-refractivity contribution in [3.63, 3.8) is 0 Å². The second-order valence-electron chi connectivity index (χ2n) is 19.8. The van der Waals surface area contributed by atoms with E-state index in [4.69, 9.17) is 28.0 Å². The van der Waals surface area contributed by atoms with Crippen molar-refractivity contribution in [2.75, 3.05) is 19.8 Å². The maximum absolute atomic E-state index is 13.4. The van der Waals surface area contributed by atoms with Crippen molar-refractivity contribution in [3.05, 3.63) is 12.2 Å². The molecule has 0 aromatic heterocycles. The third-order valence-electron chi connectivity index (χ3n) is 13.5. The van der Waals surface area contributed by atoms with Gasteiger partial charge in [0.05, 0.1) is 13.2 Å². The summed E-state index contributed by atoms with van der Waals surface area (Å²) in [6, 6.07) is 0. The van der Waals surface area contributed by atoms with Gasteiger partial charge >= 0.3 is 19.8 Å². The van der Waals surface area contributed by atoms with Gasteiger partial charge in [0.2, 0.25) is 0 Å². The van der Waals surface area contributed by atoms with Crippen LogP contribution in [0.5, 0.6) is 0 Å². The van der Waals surface area contributed by atoms with Crippen molar-refractivity contribution in [1.29, 1.82) is 0 Å². The first kappa shape index (κ1) is 65.5. The van der Waals surface area contributed by atoms with Crippen LogP contribution in [0.1, 0.15) is 213 Å². The zero-order chi connectivity index (χ0) is 52.3. The van der Waals surface area contributed by atoms with E-state index in [-0.39, 0.29) is 12.8 Å². The van der Waals surface area contributed by atoms with Crippen molar-refractivity contribution in [2.45, 2.75) is 286 Å². The molecule has 0 bridgehead atoms. The lowest BCUT2D eigenvalue weighted by Crippen LogP contribution is -2.67. The van der Waals surface area contributed by atoms with E-state index in [1.165, 1.54) is 122 Å². The quantitative estimate of drug-likeness (QED) is 0.0126. The fourth-order valence-electron chi connectivity index (χ4n) is 8.93. The van der Waals surface area contributed by atoms with Gasteiger partial charge in [0.25, 0.3) is 0 Å². The number of esters is 2. The topological polar surface area (TPSA) is 289 Å². The van der Waals surface area contributed by atoms with Gasteiger partial charge in [-0.25, -0.2) is 4.57 Å². The van der Waals surface area contributed by atoms with E-state index in [1.807, 2.05) is 0 Å². The van der Waals surface area contributed by atoms with Crippen LogP contribution < -0.4 is 0 Å². The number of ether oxygens (including phenoxy) is 4. The fourth-order valence-corrected chi connectivity index (χ4v) is 9.90. The Hall–Kier alpha value is -1.61. The van der Waals surface area contributed by atoms with E-state index in [1.54, 1.807) is 0 Å². The zero-order valence-corrected chi connectivity index (χ0v) is 44.2. The van der Waals surface area contributed by atoms with Crippen LogP contribution in [-0.2, 0) is 42.1 Å². The largest absolute Gasteiger partial charge is 0.472 e. The number of hydrogen-bond donors (Lipinski definition) is 9. The highest BCUT2D eigenvalue weighted by Crippen LogP contribution is 2.48. The Morgan fingerprint density at radius 2 is 0.930 bits per heavy atom. The number of aliphatic hydroxyl groups is 8. The third kappa shape index (κ3) is 28.2. The smallest absolute Gasteiger partial charge is 0.462 e. The van der Waals surface area contributed by atoms with Crippen LogP contribution in [0.3, 0.4) is 0 Å². The van der Waals surface area contributed by atoms with Gasteiger partial charge in [-0.1, -0.05) is 174 Å². The molecular formula is C52H97O18P. The molecule has 0 aromatic rings. The van der Waals surface area contributed by atoms with E-state index < -0.39 is 113 Å². The number of aliphatic hydroxyl groups excluding tert-OH is 8. The van der Waals surface area contributed by atoms with Crippen molar-refractivity contribution in [2.24, 2.45) is 0 Å². The SMILES string of the molecule is CCCCCCCCCC=CCCCCCC(=O)OC(COC(=O)CCCCCCCCCCCCCCCCCCC)COP(=O)(O)OC1C(O)C(O)C(O)C(O)C1OC1OC(CO)C(O)C(O)C1O. The minimum atomic E-state index is -5.38. The molecule has 19 heteroatoms. The lowest BCUT2D eigenvalue weighted by molar-refractivity contribution is -0.338. The number of phosphoric acid groups is 1. The maximum Gasteiger partial charge on any atom is 0.472 e. The minimum absolute atomic E-state index is 0.0159. The van der Waals surface area contributed by atoms with Crippen LogP contribution in [0, 0.1) is 0 Å². The lowest BCUT2D eigenvalue weighted by Gasteiger charge is -2.47. The molecule has 2 fully saturated rings. The first-order chi connectivity index (χ1) is 34.2.